The van der Waals surface area contributed by atoms with E-state index >= 15 is 0 Å². The summed E-state index contributed by atoms with van der Waals surface area (Å²) < 4.78 is 13.4. The summed E-state index contributed by atoms with van der Waals surface area (Å²) in [4.78, 5) is 37.5. The van der Waals surface area contributed by atoms with Crippen molar-refractivity contribution in [1.29, 1.82) is 0 Å². The molecule has 4 amide bonds. The summed E-state index contributed by atoms with van der Waals surface area (Å²) in [5, 5.41) is 12.4. The molecule has 0 saturated carbocycles. The minimum absolute atomic E-state index is 0.0868. The molecule has 0 aromatic heterocycles. The van der Waals surface area contributed by atoms with Crippen LogP contribution in [0.15, 0.2) is 46.4 Å². The number of imide groups is 2. The minimum Gasteiger partial charge on any atom is -0.506 e. The van der Waals surface area contributed by atoms with Crippen molar-refractivity contribution in [2.75, 3.05) is 4.90 Å². The van der Waals surface area contributed by atoms with Crippen molar-refractivity contribution in [2.24, 2.45) is 0 Å². The van der Waals surface area contributed by atoms with Gasteiger partial charge in [0.15, 0.2) is 0 Å². The van der Waals surface area contributed by atoms with E-state index in [9.17, 15) is 23.9 Å². The average Bonchev–Trinajstić information content (AvgIpc) is 2.57. The summed E-state index contributed by atoms with van der Waals surface area (Å²) in [6.45, 7) is 0. The molecule has 132 valence electrons. The Morgan fingerprint density at radius 3 is 2.46 bits per heavy atom. The van der Waals surface area contributed by atoms with Gasteiger partial charge in [-0.25, -0.2) is 14.1 Å². The van der Waals surface area contributed by atoms with Gasteiger partial charge in [-0.3, -0.25) is 14.9 Å². The number of barbiturate groups is 1. The van der Waals surface area contributed by atoms with Crippen molar-refractivity contribution in [2.45, 2.75) is 0 Å². The first-order valence-corrected chi connectivity index (χ1v) is 8.30. The lowest BCUT2D eigenvalue weighted by Gasteiger charge is -2.26. The number of carbonyl (C=O) groups is 3. The van der Waals surface area contributed by atoms with Crippen molar-refractivity contribution in [3.05, 3.63) is 62.8 Å². The van der Waals surface area contributed by atoms with Gasteiger partial charge in [-0.15, -0.1) is 0 Å². The fraction of sp³-hybridized carbons (Fsp3) is 0. The van der Waals surface area contributed by atoms with Crippen molar-refractivity contribution >= 4 is 57.1 Å². The highest BCUT2D eigenvalue weighted by Crippen LogP contribution is 2.33. The molecule has 9 heteroatoms. The lowest BCUT2D eigenvalue weighted by Crippen LogP contribution is -2.54. The smallest absolute Gasteiger partial charge is 0.335 e. The normalized spacial score (nSPS) is 16.2. The van der Waals surface area contributed by atoms with Gasteiger partial charge < -0.3 is 5.11 Å². The van der Waals surface area contributed by atoms with Crippen molar-refractivity contribution in [3.63, 3.8) is 0 Å². The highest BCUT2D eigenvalue weighted by Gasteiger charge is 2.37. The van der Waals surface area contributed by atoms with Gasteiger partial charge >= 0.3 is 6.03 Å². The maximum atomic E-state index is 13.1. The molecule has 0 radical (unpaired) electrons. The predicted molar refractivity (Wildman–Crippen MR) is 96.2 cm³/mol. The quantitative estimate of drug-likeness (QED) is 0.553. The van der Waals surface area contributed by atoms with E-state index in [-0.39, 0.29) is 26.5 Å². The third kappa shape index (κ3) is 3.33. The summed E-state index contributed by atoms with van der Waals surface area (Å²) >= 11 is 9.03. The second-order valence-corrected chi connectivity index (χ2v) is 6.55. The van der Waals surface area contributed by atoms with E-state index in [4.69, 9.17) is 11.6 Å². The Morgan fingerprint density at radius 2 is 1.81 bits per heavy atom. The van der Waals surface area contributed by atoms with Gasteiger partial charge in [0.25, 0.3) is 11.8 Å². The maximum absolute atomic E-state index is 13.1. The molecular formula is C17H9BrClFN2O4. The topological polar surface area (TPSA) is 86.7 Å². The number of halogens is 3. The van der Waals surface area contributed by atoms with E-state index in [1.165, 1.54) is 24.3 Å². The Labute approximate surface area is 160 Å². The Balaban J connectivity index is 2.07. The first kappa shape index (κ1) is 18.1. The second kappa shape index (κ2) is 6.89. The second-order valence-electron chi connectivity index (χ2n) is 5.26. The number of phenols is 1. The molecule has 2 aromatic carbocycles. The van der Waals surface area contributed by atoms with Gasteiger partial charge in [-0.2, -0.15) is 0 Å². The fourth-order valence-corrected chi connectivity index (χ4v) is 3.17. The van der Waals surface area contributed by atoms with Gasteiger partial charge in [0, 0.05) is 10.6 Å². The van der Waals surface area contributed by atoms with Crippen molar-refractivity contribution in [1.82, 2.24) is 5.32 Å². The first-order chi connectivity index (χ1) is 12.3. The molecule has 0 bridgehead atoms. The molecule has 1 heterocycles. The molecular weight excluding hydrogens is 431 g/mol. The molecule has 0 atom stereocenters. The largest absolute Gasteiger partial charge is 0.506 e. The van der Waals surface area contributed by atoms with Crippen LogP contribution in [0.5, 0.6) is 5.75 Å². The number of hydrogen-bond acceptors (Lipinski definition) is 4. The van der Waals surface area contributed by atoms with E-state index in [2.05, 4.69) is 15.9 Å². The van der Waals surface area contributed by atoms with Crippen LogP contribution >= 0.6 is 27.5 Å². The molecule has 6 nitrogen and oxygen atoms in total. The van der Waals surface area contributed by atoms with Gasteiger partial charge in [0.2, 0.25) is 0 Å². The zero-order chi connectivity index (χ0) is 19.0. The van der Waals surface area contributed by atoms with E-state index in [1.54, 1.807) is 0 Å². The zero-order valence-electron chi connectivity index (χ0n) is 12.8. The van der Waals surface area contributed by atoms with Crippen molar-refractivity contribution in [3.8, 4) is 5.75 Å². The number of nitrogens with zero attached hydrogens (tertiary/aromatic N) is 1. The molecule has 1 fully saturated rings. The Kier molecular flexibility index (Phi) is 4.80. The monoisotopic (exact) mass is 438 g/mol. The number of carbonyl (C=O) groups excluding carboxylic acids is 3. The molecule has 2 aromatic rings. The lowest BCUT2D eigenvalue weighted by molar-refractivity contribution is -0.122. The third-order valence-electron chi connectivity index (χ3n) is 3.54. The molecule has 1 aliphatic rings. The molecule has 0 aliphatic carbocycles. The Hall–Kier alpha value is -2.71. The average molecular weight is 440 g/mol. The molecule has 0 spiro atoms. The summed E-state index contributed by atoms with van der Waals surface area (Å²) in [5.41, 5.74) is -0.196. The summed E-state index contributed by atoms with van der Waals surface area (Å²) in [6.07, 6.45) is 1.12. The van der Waals surface area contributed by atoms with Gasteiger partial charge in [-0.05, 0) is 58.4 Å². The van der Waals surface area contributed by atoms with E-state index in [0.29, 0.717) is 4.90 Å². The molecule has 1 aliphatic heterocycles. The summed E-state index contributed by atoms with van der Waals surface area (Å²) in [6, 6.07) is 6.46. The van der Waals surface area contributed by atoms with Crippen LogP contribution in [0.2, 0.25) is 5.02 Å². The van der Waals surface area contributed by atoms with Crippen LogP contribution in [0.3, 0.4) is 0 Å². The van der Waals surface area contributed by atoms with Crippen LogP contribution in [-0.2, 0) is 9.59 Å². The highest BCUT2D eigenvalue weighted by molar-refractivity contribution is 9.10. The van der Waals surface area contributed by atoms with Crippen LogP contribution < -0.4 is 10.2 Å². The highest BCUT2D eigenvalue weighted by atomic mass is 79.9. The SMILES string of the molecule is O=C1NC(=O)N(c2ccc(F)cc2)C(=O)/C1=C/c1cc(Cl)cc(Br)c1O. The van der Waals surface area contributed by atoms with E-state index in [1.807, 2.05) is 5.32 Å². The number of hydrogen-bond donors (Lipinski definition) is 2. The van der Waals surface area contributed by atoms with Crippen LogP contribution in [0.4, 0.5) is 14.9 Å². The van der Waals surface area contributed by atoms with Crippen LogP contribution in [0.1, 0.15) is 5.56 Å². The fourth-order valence-electron chi connectivity index (χ4n) is 2.33. The van der Waals surface area contributed by atoms with Crippen LogP contribution in [0.25, 0.3) is 6.08 Å². The van der Waals surface area contributed by atoms with E-state index < -0.39 is 29.2 Å². The molecule has 26 heavy (non-hydrogen) atoms. The maximum Gasteiger partial charge on any atom is 0.335 e. The predicted octanol–water partition coefficient (Wildman–Crippen LogP) is 3.61. The van der Waals surface area contributed by atoms with Crippen LogP contribution in [-0.4, -0.2) is 23.0 Å². The van der Waals surface area contributed by atoms with Gasteiger partial charge in [0.1, 0.15) is 17.1 Å². The molecule has 2 N–H and O–H groups in total. The number of anilines is 1. The number of rotatable bonds is 2. The van der Waals surface area contributed by atoms with Gasteiger partial charge in [-0.1, -0.05) is 11.6 Å². The zero-order valence-corrected chi connectivity index (χ0v) is 15.1. The lowest BCUT2D eigenvalue weighted by atomic mass is 10.1. The van der Waals surface area contributed by atoms with E-state index in [0.717, 1.165) is 18.2 Å². The van der Waals surface area contributed by atoms with Gasteiger partial charge in [0.05, 0.1) is 10.2 Å². The summed E-state index contributed by atoms with van der Waals surface area (Å²) in [5.74, 6) is -2.61. The number of phenolic OH excluding ortho intramolecular Hbond substituents is 1. The minimum atomic E-state index is -0.958. The number of amides is 4. The Morgan fingerprint density at radius 1 is 1.15 bits per heavy atom. The number of aromatic hydroxyl groups is 1. The number of nitrogens with one attached hydrogen (secondary N) is 1. The molecule has 1 saturated heterocycles. The Bertz CT molecular complexity index is 975. The van der Waals surface area contributed by atoms with Crippen LogP contribution in [0, 0.1) is 5.82 Å². The molecule has 0 unspecified atom stereocenters. The third-order valence-corrected chi connectivity index (χ3v) is 4.37. The molecule has 3 rings (SSSR count). The summed E-state index contributed by atoms with van der Waals surface area (Å²) in [7, 11) is 0. The van der Waals surface area contributed by atoms with Crippen molar-refractivity contribution < 1.29 is 23.9 Å². The number of benzene rings is 2. The number of urea groups is 1. The standard InChI is InChI=1S/C17H9BrClFN2O4/c18-13-7-9(19)5-8(14(13)23)6-12-15(24)21-17(26)22(16(12)25)11-3-1-10(20)2-4-11/h1-7,23H,(H,21,24,26)/b12-6+. The first-order valence-electron chi connectivity index (χ1n) is 7.13.